The van der Waals surface area contributed by atoms with E-state index in [9.17, 15) is 22.8 Å². The Morgan fingerprint density at radius 3 is 2.43 bits per heavy atom. The molecule has 21 heavy (non-hydrogen) atoms. The van der Waals surface area contributed by atoms with Crippen LogP contribution in [0.5, 0.6) is 0 Å². The van der Waals surface area contributed by atoms with Gasteiger partial charge in [0.05, 0.1) is 4.88 Å². The molecule has 1 heterocycles. The van der Waals surface area contributed by atoms with Crippen molar-refractivity contribution in [1.82, 2.24) is 0 Å². The molecule has 0 radical (unpaired) electrons. The number of rotatable bonds is 3. The highest BCUT2D eigenvalue weighted by Gasteiger charge is 2.62. The minimum atomic E-state index is -4.99. The fourth-order valence-electron chi connectivity index (χ4n) is 3.53. The van der Waals surface area contributed by atoms with E-state index in [-0.39, 0.29) is 17.2 Å². The standard InChI is InChI=1S/C15H13F3O2S/c16-15(17,18)13(20)14(12(19)11-2-1-7-21-11)8-9-3-5-10(14)6-4-9/h1-3,5,7,9-10H,4,6,8H2/t9-,10+,14+/m1/s1. The summed E-state index contributed by atoms with van der Waals surface area (Å²) in [6, 6.07) is 3.10. The molecule has 3 aliphatic rings. The normalized spacial score (nSPS) is 31.4. The van der Waals surface area contributed by atoms with E-state index in [1.54, 1.807) is 17.5 Å². The van der Waals surface area contributed by atoms with E-state index < -0.39 is 29.1 Å². The summed E-state index contributed by atoms with van der Waals surface area (Å²) in [5.74, 6) is -3.32. The van der Waals surface area contributed by atoms with Crippen molar-refractivity contribution in [1.29, 1.82) is 0 Å². The first-order chi connectivity index (χ1) is 9.85. The minimum absolute atomic E-state index is 0.0246. The number of hydrogen-bond acceptors (Lipinski definition) is 3. The zero-order valence-electron chi connectivity index (χ0n) is 11.0. The first-order valence-corrected chi connectivity index (χ1v) is 7.62. The quantitative estimate of drug-likeness (QED) is 0.479. The Morgan fingerprint density at radius 2 is 2.00 bits per heavy atom. The molecule has 1 aromatic rings. The van der Waals surface area contributed by atoms with Gasteiger partial charge in [0.1, 0.15) is 5.41 Å². The number of carbonyl (C=O) groups is 2. The second kappa shape index (κ2) is 4.80. The van der Waals surface area contributed by atoms with Crippen LogP contribution in [0.2, 0.25) is 0 Å². The van der Waals surface area contributed by atoms with E-state index in [1.165, 1.54) is 6.07 Å². The van der Waals surface area contributed by atoms with Crippen LogP contribution in [-0.4, -0.2) is 17.7 Å². The average molecular weight is 314 g/mol. The van der Waals surface area contributed by atoms with Crippen molar-refractivity contribution in [3.8, 4) is 0 Å². The van der Waals surface area contributed by atoms with Crippen LogP contribution in [0.15, 0.2) is 29.7 Å². The Balaban J connectivity index is 2.10. The molecular formula is C15H13F3O2S. The molecule has 0 amide bonds. The van der Waals surface area contributed by atoms with Gasteiger partial charge in [0.15, 0.2) is 5.78 Å². The lowest BCUT2D eigenvalue weighted by Crippen LogP contribution is -2.54. The topological polar surface area (TPSA) is 34.1 Å². The lowest BCUT2D eigenvalue weighted by molar-refractivity contribution is -0.183. The Hall–Kier alpha value is -1.43. The number of fused-ring (bicyclic) bond motifs is 2. The summed E-state index contributed by atoms with van der Waals surface area (Å²) in [7, 11) is 0. The maximum atomic E-state index is 13.1. The maximum absolute atomic E-state index is 13.1. The zero-order valence-corrected chi connectivity index (χ0v) is 11.8. The number of ketones is 2. The number of hydrogen-bond donors (Lipinski definition) is 0. The number of carbonyl (C=O) groups excluding carboxylic acids is 2. The van der Waals surface area contributed by atoms with Gasteiger partial charge in [-0.05, 0) is 42.5 Å². The molecule has 0 saturated heterocycles. The highest BCUT2D eigenvalue weighted by atomic mass is 32.1. The predicted octanol–water partition coefficient (Wildman–Crippen LogP) is 4.03. The third-order valence-electron chi connectivity index (χ3n) is 4.49. The lowest BCUT2D eigenvalue weighted by Gasteiger charge is -2.46. The van der Waals surface area contributed by atoms with Crippen LogP contribution in [-0.2, 0) is 4.79 Å². The number of thiophene rings is 1. The maximum Gasteiger partial charge on any atom is 0.451 e. The molecule has 2 nitrogen and oxygen atoms in total. The average Bonchev–Trinajstić information content (AvgIpc) is 2.99. The van der Waals surface area contributed by atoms with E-state index in [0.29, 0.717) is 6.42 Å². The van der Waals surface area contributed by atoms with Crippen molar-refractivity contribution in [3.63, 3.8) is 0 Å². The van der Waals surface area contributed by atoms with Gasteiger partial charge < -0.3 is 0 Å². The second-order valence-electron chi connectivity index (χ2n) is 5.64. The van der Waals surface area contributed by atoms with E-state index in [4.69, 9.17) is 0 Å². The van der Waals surface area contributed by atoms with E-state index in [1.807, 2.05) is 6.08 Å². The third kappa shape index (κ3) is 2.16. The van der Waals surface area contributed by atoms with Crippen molar-refractivity contribution in [2.24, 2.45) is 17.3 Å². The largest absolute Gasteiger partial charge is 0.451 e. The Labute approximate surface area is 123 Å². The summed E-state index contributed by atoms with van der Waals surface area (Å²) >= 11 is 1.09. The van der Waals surface area contributed by atoms with Gasteiger partial charge in [0.2, 0.25) is 0 Å². The molecular weight excluding hydrogens is 301 g/mol. The summed E-state index contributed by atoms with van der Waals surface area (Å²) in [5, 5.41) is 1.63. The van der Waals surface area contributed by atoms with Gasteiger partial charge in [-0.25, -0.2) is 0 Å². The molecule has 6 heteroatoms. The van der Waals surface area contributed by atoms with Gasteiger partial charge in [0.25, 0.3) is 5.78 Å². The van der Waals surface area contributed by atoms with Crippen molar-refractivity contribution < 1.29 is 22.8 Å². The van der Waals surface area contributed by atoms with E-state index >= 15 is 0 Å². The number of allylic oxidation sites excluding steroid dienone is 2. The number of alkyl halides is 3. The van der Waals surface area contributed by atoms with Crippen LogP contribution in [0.4, 0.5) is 13.2 Å². The third-order valence-corrected chi connectivity index (χ3v) is 5.36. The number of Topliss-reactive ketones (excluding diaryl/α,β-unsaturated/α-hetero) is 2. The Bertz CT molecular complexity index is 603. The fraction of sp³-hybridized carbons (Fsp3) is 0.467. The SMILES string of the molecule is O=C(c1cccs1)[C@]1(C(=O)C(F)(F)F)C[C@@H]2C=C[C@H]1CC2. The second-order valence-corrected chi connectivity index (χ2v) is 6.59. The van der Waals surface area contributed by atoms with Crippen molar-refractivity contribution in [2.75, 3.05) is 0 Å². The summed E-state index contributed by atoms with van der Waals surface area (Å²) in [6.07, 6.45) is -0.335. The van der Waals surface area contributed by atoms with Crippen LogP contribution in [0.25, 0.3) is 0 Å². The summed E-state index contributed by atoms with van der Waals surface area (Å²) < 4.78 is 39.2. The van der Waals surface area contributed by atoms with E-state index in [0.717, 1.165) is 17.8 Å². The molecule has 1 fully saturated rings. The molecule has 3 atom stereocenters. The summed E-state index contributed by atoms with van der Waals surface area (Å²) in [5.41, 5.74) is -1.96. The van der Waals surface area contributed by atoms with Crippen LogP contribution in [0.1, 0.15) is 28.9 Å². The summed E-state index contributed by atoms with van der Waals surface area (Å²) in [4.78, 5) is 25.0. The minimum Gasteiger partial charge on any atom is -0.292 e. The van der Waals surface area contributed by atoms with Crippen LogP contribution in [0.3, 0.4) is 0 Å². The Kier molecular flexibility index (Phi) is 3.31. The monoisotopic (exact) mass is 314 g/mol. The molecule has 2 bridgehead atoms. The molecule has 4 rings (SSSR count). The number of halogens is 3. The summed E-state index contributed by atoms with van der Waals surface area (Å²) in [6.45, 7) is 0. The predicted molar refractivity (Wildman–Crippen MR) is 72.1 cm³/mol. The first kappa shape index (κ1) is 14.5. The van der Waals surface area contributed by atoms with Crippen molar-refractivity contribution >= 4 is 22.9 Å². The molecule has 1 saturated carbocycles. The molecule has 0 aliphatic heterocycles. The molecule has 0 N–H and O–H groups in total. The molecule has 3 aliphatic carbocycles. The smallest absolute Gasteiger partial charge is 0.292 e. The van der Waals surface area contributed by atoms with Crippen molar-refractivity contribution in [3.05, 3.63) is 34.5 Å². The fourth-order valence-corrected chi connectivity index (χ4v) is 4.28. The zero-order chi connectivity index (χ0) is 15.3. The molecule has 0 unspecified atom stereocenters. The van der Waals surface area contributed by atoms with Gasteiger partial charge in [-0.15, -0.1) is 11.3 Å². The van der Waals surface area contributed by atoms with Crippen LogP contribution >= 0.6 is 11.3 Å². The van der Waals surface area contributed by atoms with Gasteiger partial charge in [-0.1, -0.05) is 18.2 Å². The van der Waals surface area contributed by atoms with Crippen molar-refractivity contribution in [2.45, 2.75) is 25.4 Å². The molecule has 112 valence electrons. The molecule has 1 aromatic heterocycles. The van der Waals surface area contributed by atoms with Crippen LogP contribution in [0, 0.1) is 17.3 Å². The van der Waals surface area contributed by atoms with Crippen LogP contribution < -0.4 is 0 Å². The van der Waals surface area contributed by atoms with Gasteiger partial charge >= 0.3 is 6.18 Å². The first-order valence-electron chi connectivity index (χ1n) is 6.74. The highest BCUT2D eigenvalue weighted by molar-refractivity contribution is 7.12. The molecule has 0 spiro atoms. The lowest BCUT2D eigenvalue weighted by atomic mass is 9.55. The Morgan fingerprint density at radius 1 is 1.24 bits per heavy atom. The van der Waals surface area contributed by atoms with Gasteiger partial charge in [-0.2, -0.15) is 13.2 Å². The molecule has 0 aromatic carbocycles. The van der Waals surface area contributed by atoms with Gasteiger partial charge in [-0.3, -0.25) is 9.59 Å². The highest BCUT2D eigenvalue weighted by Crippen LogP contribution is 2.53. The van der Waals surface area contributed by atoms with E-state index in [2.05, 4.69) is 0 Å². The van der Waals surface area contributed by atoms with Gasteiger partial charge in [0, 0.05) is 0 Å².